The predicted octanol–water partition coefficient (Wildman–Crippen LogP) is 3.62. The highest BCUT2D eigenvalue weighted by Crippen LogP contribution is 2.20. The zero-order valence-electron chi connectivity index (χ0n) is 7.07. The molecule has 12 heavy (non-hydrogen) atoms. The second-order valence-electron chi connectivity index (χ2n) is 2.71. The van der Waals surface area contributed by atoms with Crippen LogP contribution >= 0.6 is 0 Å². The highest BCUT2D eigenvalue weighted by molar-refractivity contribution is 5.60. The fourth-order valence-electron chi connectivity index (χ4n) is 0.899. The first kappa shape index (κ1) is 8.91. The summed E-state index contributed by atoms with van der Waals surface area (Å²) in [4.78, 5) is 0. The number of halogens is 2. The summed E-state index contributed by atoms with van der Waals surface area (Å²) in [5.41, 5.74) is 1.32. The van der Waals surface area contributed by atoms with Gasteiger partial charge in [-0.3, -0.25) is 0 Å². The zero-order valence-corrected chi connectivity index (χ0v) is 7.07. The van der Waals surface area contributed by atoms with Crippen LogP contribution in [0.1, 0.15) is 18.1 Å². The van der Waals surface area contributed by atoms with Crippen LogP contribution in [0.4, 0.5) is 8.78 Å². The minimum Gasteiger partial charge on any atom is -0.209 e. The lowest BCUT2D eigenvalue weighted by Gasteiger charge is -1.98. The van der Waals surface area contributed by atoms with Crippen molar-refractivity contribution in [3.8, 4) is 0 Å². The van der Waals surface area contributed by atoms with E-state index >= 15 is 0 Å². The van der Waals surface area contributed by atoms with Gasteiger partial charge in [-0.25, -0.2) is 8.78 Å². The lowest BCUT2D eigenvalue weighted by molar-refractivity contribution is 0.606. The number of hydrogen-bond acceptors (Lipinski definition) is 0. The molecule has 0 N–H and O–H groups in total. The number of hydrogen-bond donors (Lipinski definition) is 0. The fourth-order valence-corrected chi connectivity index (χ4v) is 0.899. The second-order valence-corrected chi connectivity index (χ2v) is 2.71. The SMILES string of the molecule is C/C(F)=C(\F)c1ccc(C)cc1. The van der Waals surface area contributed by atoms with Crippen molar-refractivity contribution in [3.63, 3.8) is 0 Å². The second kappa shape index (κ2) is 3.48. The van der Waals surface area contributed by atoms with Crippen LogP contribution in [-0.4, -0.2) is 0 Å². The maximum atomic E-state index is 12.9. The van der Waals surface area contributed by atoms with Gasteiger partial charge in [-0.05, 0) is 13.8 Å². The van der Waals surface area contributed by atoms with E-state index in [4.69, 9.17) is 0 Å². The average molecular weight is 168 g/mol. The van der Waals surface area contributed by atoms with Crippen molar-refractivity contribution in [2.75, 3.05) is 0 Å². The summed E-state index contributed by atoms with van der Waals surface area (Å²) < 4.78 is 25.3. The summed E-state index contributed by atoms with van der Waals surface area (Å²) in [5, 5.41) is 0. The number of rotatable bonds is 1. The molecule has 0 unspecified atom stereocenters. The van der Waals surface area contributed by atoms with Crippen molar-refractivity contribution in [3.05, 3.63) is 41.2 Å². The molecular formula is C10H10F2. The van der Waals surface area contributed by atoms with E-state index in [0.717, 1.165) is 12.5 Å². The van der Waals surface area contributed by atoms with E-state index in [2.05, 4.69) is 0 Å². The van der Waals surface area contributed by atoms with E-state index in [1.54, 1.807) is 24.3 Å². The molecule has 2 heteroatoms. The summed E-state index contributed by atoms with van der Waals surface area (Å²) in [7, 11) is 0. The molecule has 0 spiro atoms. The molecule has 1 aromatic rings. The van der Waals surface area contributed by atoms with Gasteiger partial charge in [0.05, 0.1) is 0 Å². The smallest absolute Gasteiger partial charge is 0.161 e. The molecule has 0 aliphatic heterocycles. The molecule has 0 atom stereocenters. The Morgan fingerprint density at radius 1 is 1.08 bits per heavy atom. The van der Waals surface area contributed by atoms with E-state index in [1.807, 2.05) is 6.92 Å². The molecule has 0 aliphatic rings. The molecule has 1 rings (SSSR count). The molecule has 0 saturated carbocycles. The molecule has 64 valence electrons. The van der Waals surface area contributed by atoms with Crippen molar-refractivity contribution in [1.29, 1.82) is 0 Å². The van der Waals surface area contributed by atoms with Crippen LogP contribution in [0.15, 0.2) is 30.1 Å². The third-order valence-corrected chi connectivity index (χ3v) is 1.61. The average Bonchev–Trinajstić information content (AvgIpc) is 2.04. The Hall–Kier alpha value is -1.18. The van der Waals surface area contributed by atoms with Crippen molar-refractivity contribution >= 4 is 5.83 Å². The van der Waals surface area contributed by atoms with Crippen LogP contribution in [-0.2, 0) is 0 Å². The summed E-state index contributed by atoms with van der Waals surface area (Å²) in [6.45, 7) is 3.00. The summed E-state index contributed by atoms with van der Waals surface area (Å²) in [6, 6.07) is 6.62. The first-order chi connectivity index (χ1) is 5.61. The lowest BCUT2D eigenvalue weighted by atomic mass is 10.1. The molecule has 0 heterocycles. The van der Waals surface area contributed by atoms with E-state index < -0.39 is 11.7 Å². The molecule has 0 bridgehead atoms. The molecule has 0 fully saturated rings. The maximum Gasteiger partial charge on any atom is 0.161 e. The standard InChI is InChI=1S/C10H10F2/c1-7-3-5-9(6-4-7)10(12)8(2)11/h3-6H,1-2H3/b10-8+. The van der Waals surface area contributed by atoms with E-state index in [9.17, 15) is 8.78 Å². The number of aryl methyl sites for hydroxylation is 1. The van der Waals surface area contributed by atoms with Crippen LogP contribution in [0.3, 0.4) is 0 Å². The molecular weight excluding hydrogens is 158 g/mol. The predicted molar refractivity (Wildman–Crippen MR) is 46.0 cm³/mol. The van der Waals surface area contributed by atoms with Gasteiger partial charge in [0.2, 0.25) is 0 Å². The van der Waals surface area contributed by atoms with E-state index in [0.29, 0.717) is 5.56 Å². The molecule has 0 aromatic heterocycles. The molecule has 0 nitrogen and oxygen atoms in total. The largest absolute Gasteiger partial charge is 0.209 e. The minimum atomic E-state index is -0.782. The summed E-state index contributed by atoms with van der Waals surface area (Å²) in [6.07, 6.45) is 0. The van der Waals surface area contributed by atoms with E-state index in [-0.39, 0.29) is 0 Å². The monoisotopic (exact) mass is 168 g/mol. The Bertz CT molecular complexity index is 292. The first-order valence-electron chi connectivity index (χ1n) is 3.70. The minimum absolute atomic E-state index is 0.292. The Morgan fingerprint density at radius 2 is 1.58 bits per heavy atom. The highest BCUT2D eigenvalue weighted by atomic mass is 19.2. The molecule has 0 aliphatic carbocycles. The molecule has 1 aromatic carbocycles. The van der Waals surface area contributed by atoms with Crippen LogP contribution in [0, 0.1) is 6.92 Å². The van der Waals surface area contributed by atoms with Gasteiger partial charge in [0.1, 0.15) is 5.83 Å². The van der Waals surface area contributed by atoms with Crippen molar-refractivity contribution in [1.82, 2.24) is 0 Å². The van der Waals surface area contributed by atoms with Crippen molar-refractivity contribution < 1.29 is 8.78 Å². The topological polar surface area (TPSA) is 0 Å². The zero-order chi connectivity index (χ0) is 9.14. The Balaban J connectivity index is 3.06. The molecule has 0 amide bonds. The summed E-state index contributed by atoms with van der Waals surface area (Å²) in [5.74, 6) is -1.56. The van der Waals surface area contributed by atoms with Crippen LogP contribution < -0.4 is 0 Å². The number of benzene rings is 1. The fraction of sp³-hybridized carbons (Fsp3) is 0.200. The van der Waals surface area contributed by atoms with Crippen LogP contribution in [0.5, 0.6) is 0 Å². The van der Waals surface area contributed by atoms with E-state index in [1.165, 1.54) is 0 Å². The third kappa shape index (κ3) is 1.91. The van der Waals surface area contributed by atoms with Gasteiger partial charge in [-0.1, -0.05) is 29.8 Å². The third-order valence-electron chi connectivity index (χ3n) is 1.61. The van der Waals surface area contributed by atoms with Crippen LogP contribution in [0.25, 0.3) is 5.83 Å². The Labute approximate surface area is 70.5 Å². The highest BCUT2D eigenvalue weighted by Gasteiger charge is 2.03. The van der Waals surface area contributed by atoms with Gasteiger partial charge in [0, 0.05) is 5.56 Å². The van der Waals surface area contributed by atoms with Crippen LogP contribution in [0.2, 0.25) is 0 Å². The summed E-state index contributed by atoms with van der Waals surface area (Å²) >= 11 is 0. The normalized spacial score (nSPS) is 12.7. The van der Waals surface area contributed by atoms with Gasteiger partial charge >= 0.3 is 0 Å². The quantitative estimate of drug-likeness (QED) is 0.600. The van der Waals surface area contributed by atoms with Gasteiger partial charge in [-0.2, -0.15) is 0 Å². The first-order valence-corrected chi connectivity index (χ1v) is 3.70. The number of allylic oxidation sites excluding steroid dienone is 1. The lowest BCUT2D eigenvalue weighted by Crippen LogP contribution is -1.80. The van der Waals surface area contributed by atoms with Gasteiger partial charge < -0.3 is 0 Å². The molecule has 0 saturated heterocycles. The van der Waals surface area contributed by atoms with Crippen molar-refractivity contribution in [2.45, 2.75) is 13.8 Å². The van der Waals surface area contributed by atoms with Gasteiger partial charge in [0.15, 0.2) is 5.83 Å². The Kier molecular flexibility index (Phi) is 2.58. The van der Waals surface area contributed by atoms with Crippen molar-refractivity contribution in [2.24, 2.45) is 0 Å². The van der Waals surface area contributed by atoms with Gasteiger partial charge in [-0.15, -0.1) is 0 Å². The maximum absolute atomic E-state index is 12.9. The van der Waals surface area contributed by atoms with Gasteiger partial charge in [0.25, 0.3) is 0 Å². The Morgan fingerprint density at radius 3 is 2.00 bits per heavy atom. The molecule has 0 radical (unpaired) electrons.